The SMILES string of the molecule is CCCCC(=O)NCC(C)n1cc(-c2ccoc2)nn1. The predicted molar refractivity (Wildman–Crippen MR) is 75.0 cm³/mol. The fraction of sp³-hybridized carbons (Fsp3) is 0.500. The second-order valence-corrected chi connectivity index (χ2v) is 4.85. The van der Waals surface area contributed by atoms with Crippen LogP contribution in [-0.4, -0.2) is 27.4 Å². The first kappa shape index (κ1) is 14.3. The highest BCUT2D eigenvalue weighted by Gasteiger charge is 2.11. The number of aromatic nitrogens is 3. The summed E-state index contributed by atoms with van der Waals surface area (Å²) in [5.41, 5.74) is 1.67. The second kappa shape index (κ2) is 6.88. The van der Waals surface area contributed by atoms with Crippen molar-refractivity contribution in [1.82, 2.24) is 20.3 Å². The van der Waals surface area contributed by atoms with Gasteiger partial charge in [0.1, 0.15) is 5.69 Å². The summed E-state index contributed by atoms with van der Waals surface area (Å²) < 4.78 is 6.77. The van der Waals surface area contributed by atoms with Crippen molar-refractivity contribution in [2.24, 2.45) is 0 Å². The molecule has 0 aliphatic rings. The fourth-order valence-corrected chi connectivity index (χ4v) is 1.82. The van der Waals surface area contributed by atoms with Gasteiger partial charge in [0.05, 0.1) is 24.8 Å². The van der Waals surface area contributed by atoms with Gasteiger partial charge in [-0.15, -0.1) is 5.10 Å². The standard InChI is InChI=1S/C14H20N4O2/c1-3-4-5-14(19)15-8-11(2)18-9-13(16-17-18)12-6-7-20-10-12/h6-7,9-11H,3-5,8H2,1-2H3,(H,15,19). The quantitative estimate of drug-likeness (QED) is 0.842. The van der Waals surface area contributed by atoms with E-state index in [4.69, 9.17) is 4.42 Å². The van der Waals surface area contributed by atoms with Gasteiger partial charge < -0.3 is 9.73 Å². The Morgan fingerprint density at radius 2 is 2.40 bits per heavy atom. The molecule has 0 aromatic carbocycles. The number of rotatable bonds is 7. The summed E-state index contributed by atoms with van der Waals surface area (Å²) in [6.07, 6.45) is 7.63. The molecule has 1 amide bonds. The second-order valence-electron chi connectivity index (χ2n) is 4.85. The molecule has 0 saturated heterocycles. The Balaban J connectivity index is 1.87. The van der Waals surface area contributed by atoms with Crippen LogP contribution in [0.5, 0.6) is 0 Å². The number of nitrogens with zero attached hydrogens (tertiary/aromatic N) is 3. The average Bonchev–Trinajstić information content (AvgIpc) is 3.11. The highest BCUT2D eigenvalue weighted by molar-refractivity contribution is 5.75. The minimum Gasteiger partial charge on any atom is -0.472 e. The zero-order valence-corrected chi connectivity index (χ0v) is 11.9. The molecule has 0 radical (unpaired) electrons. The Morgan fingerprint density at radius 1 is 1.55 bits per heavy atom. The van der Waals surface area contributed by atoms with E-state index in [1.54, 1.807) is 17.2 Å². The molecule has 0 aliphatic heterocycles. The molecule has 6 heteroatoms. The van der Waals surface area contributed by atoms with Gasteiger partial charge in [-0.2, -0.15) is 0 Å². The molecule has 0 saturated carbocycles. The lowest BCUT2D eigenvalue weighted by molar-refractivity contribution is -0.121. The Labute approximate surface area is 118 Å². The van der Waals surface area contributed by atoms with E-state index < -0.39 is 0 Å². The summed E-state index contributed by atoms with van der Waals surface area (Å²) >= 11 is 0. The van der Waals surface area contributed by atoms with Gasteiger partial charge in [-0.25, -0.2) is 4.68 Å². The van der Waals surface area contributed by atoms with Gasteiger partial charge in [-0.3, -0.25) is 4.79 Å². The van der Waals surface area contributed by atoms with Crippen LogP contribution in [0.3, 0.4) is 0 Å². The Kier molecular flexibility index (Phi) is 4.92. The first-order valence-corrected chi connectivity index (χ1v) is 6.91. The van der Waals surface area contributed by atoms with Gasteiger partial charge in [0, 0.05) is 18.5 Å². The van der Waals surface area contributed by atoms with Crippen molar-refractivity contribution in [3.63, 3.8) is 0 Å². The highest BCUT2D eigenvalue weighted by atomic mass is 16.3. The molecule has 6 nitrogen and oxygen atoms in total. The summed E-state index contributed by atoms with van der Waals surface area (Å²) in [6, 6.07) is 1.90. The molecule has 2 aromatic rings. The third kappa shape index (κ3) is 3.69. The number of hydrogen-bond donors (Lipinski definition) is 1. The van der Waals surface area contributed by atoms with Crippen LogP contribution in [0.1, 0.15) is 39.2 Å². The number of carbonyl (C=O) groups excluding carboxylic acids is 1. The van der Waals surface area contributed by atoms with E-state index in [-0.39, 0.29) is 11.9 Å². The number of carbonyl (C=O) groups is 1. The summed E-state index contributed by atoms with van der Waals surface area (Å²) in [5.74, 6) is 0.0915. The van der Waals surface area contributed by atoms with Crippen molar-refractivity contribution in [1.29, 1.82) is 0 Å². The normalized spacial score (nSPS) is 12.3. The highest BCUT2D eigenvalue weighted by Crippen LogP contribution is 2.17. The van der Waals surface area contributed by atoms with E-state index in [0.29, 0.717) is 13.0 Å². The van der Waals surface area contributed by atoms with E-state index >= 15 is 0 Å². The van der Waals surface area contributed by atoms with Crippen molar-refractivity contribution in [3.8, 4) is 11.3 Å². The molecule has 0 fully saturated rings. The smallest absolute Gasteiger partial charge is 0.220 e. The van der Waals surface area contributed by atoms with Crippen LogP contribution in [0, 0.1) is 0 Å². The number of amides is 1. The minimum atomic E-state index is 0.0636. The number of furan rings is 1. The molecule has 1 unspecified atom stereocenters. The molecule has 2 rings (SSSR count). The van der Waals surface area contributed by atoms with E-state index in [1.807, 2.05) is 19.2 Å². The maximum absolute atomic E-state index is 11.6. The van der Waals surface area contributed by atoms with Gasteiger partial charge >= 0.3 is 0 Å². The average molecular weight is 276 g/mol. The van der Waals surface area contributed by atoms with Crippen LogP contribution >= 0.6 is 0 Å². The third-order valence-corrected chi connectivity index (χ3v) is 3.13. The largest absolute Gasteiger partial charge is 0.472 e. The Morgan fingerprint density at radius 3 is 3.10 bits per heavy atom. The number of unbranched alkanes of at least 4 members (excludes halogenated alkanes) is 1. The molecule has 108 valence electrons. The van der Waals surface area contributed by atoms with Crippen molar-refractivity contribution in [2.75, 3.05) is 6.54 Å². The van der Waals surface area contributed by atoms with Crippen LogP contribution < -0.4 is 5.32 Å². The van der Waals surface area contributed by atoms with E-state index in [2.05, 4.69) is 22.6 Å². The van der Waals surface area contributed by atoms with Gasteiger partial charge in [0.25, 0.3) is 0 Å². The van der Waals surface area contributed by atoms with E-state index in [0.717, 1.165) is 24.1 Å². The van der Waals surface area contributed by atoms with Crippen LogP contribution in [0.4, 0.5) is 0 Å². The number of hydrogen-bond acceptors (Lipinski definition) is 4. The topological polar surface area (TPSA) is 73.0 Å². The zero-order valence-electron chi connectivity index (χ0n) is 11.9. The summed E-state index contributed by atoms with van der Waals surface area (Å²) in [7, 11) is 0. The van der Waals surface area contributed by atoms with Crippen molar-refractivity contribution < 1.29 is 9.21 Å². The fourth-order valence-electron chi connectivity index (χ4n) is 1.82. The first-order valence-electron chi connectivity index (χ1n) is 6.91. The summed E-state index contributed by atoms with van der Waals surface area (Å²) in [6.45, 7) is 4.62. The van der Waals surface area contributed by atoms with Gasteiger partial charge in [0.2, 0.25) is 5.91 Å². The van der Waals surface area contributed by atoms with Crippen LogP contribution in [0.25, 0.3) is 11.3 Å². The molecule has 0 spiro atoms. The predicted octanol–water partition coefficient (Wildman–Crippen LogP) is 2.41. The monoisotopic (exact) mass is 276 g/mol. The maximum atomic E-state index is 11.6. The summed E-state index contributed by atoms with van der Waals surface area (Å²) in [5, 5.41) is 11.1. The molecular formula is C14H20N4O2. The van der Waals surface area contributed by atoms with Crippen LogP contribution in [-0.2, 0) is 4.79 Å². The molecule has 20 heavy (non-hydrogen) atoms. The van der Waals surface area contributed by atoms with Gasteiger partial charge in [0.15, 0.2) is 0 Å². The first-order chi connectivity index (χ1) is 9.70. The van der Waals surface area contributed by atoms with Gasteiger partial charge in [-0.1, -0.05) is 18.6 Å². The zero-order chi connectivity index (χ0) is 14.4. The Hall–Kier alpha value is -2.11. The number of nitrogens with one attached hydrogen (secondary N) is 1. The molecule has 0 bridgehead atoms. The van der Waals surface area contributed by atoms with Crippen LogP contribution in [0.2, 0.25) is 0 Å². The molecule has 1 N–H and O–H groups in total. The van der Waals surface area contributed by atoms with Crippen molar-refractivity contribution >= 4 is 5.91 Å². The lowest BCUT2D eigenvalue weighted by Crippen LogP contribution is -2.29. The van der Waals surface area contributed by atoms with Crippen molar-refractivity contribution in [2.45, 2.75) is 39.2 Å². The third-order valence-electron chi connectivity index (χ3n) is 3.13. The molecule has 2 aromatic heterocycles. The maximum Gasteiger partial charge on any atom is 0.220 e. The summed E-state index contributed by atoms with van der Waals surface area (Å²) in [4.78, 5) is 11.6. The lowest BCUT2D eigenvalue weighted by atomic mass is 10.2. The Bertz CT molecular complexity index is 533. The molecule has 2 heterocycles. The van der Waals surface area contributed by atoms with Crippen LogP contribution in [0.15, 0.2) is 29.2 Å². The van der Waals surface area contributed by atoms with Gasteiger partial charge in [-0.05, 0) is 19.4 Å². The van der Waals surface area contributed by atoms with E-state index in [1.165, 1.54) is 0 Å². The van der Waals surface area contributed by atoms with E-state index in [9.17, 15) is 4.79 Å². The minimum absolute atomic E-state index is 0.0636. The molecule has 1 atom stereocenters. The molecular weight excluding hydrogens is 256 g/mol. The van der Waals surface area contributed by atoms with Crippen molar-refractivity contribution in [3.05, 3.63) is 24.8 Å². The molecule has 0 aliphatic carbocycles. The lowest BCUT2D eigenvalue weighted by Gasteiger charge is -2.12.